The highest BCUT2D eigenvalue weighted by Crippen LogP contribution is 2.24. The molecule has 0 aliphatic rings. The first-order valence-corrected chi connectivity index (χ1v) is 6.21. The lowest BCUT2D eigenvalue weighted by atomic mass is 10.2. The first kappa shape index (κ1) is 13.8. The van der Waals surface area contributed by atoms with E-state index in [0.717, 1.165) is 13.0 Å². The number of nitrogens with zero attached hydrogens (tertiary/aromatic N) is 3. The van der Waals surface area contributed by atoms with Crippen LogP contribution in [0.3, 0.4) is 0 Å². The van der Waals surface area contributed by atoms with Crippen LogP contribution in [0.1, 0.15) is 19.2 Å². The van der Waals surface area contributed by atoms with Gasteiger partial charge in [-0.3, -0.25) is 10.1 Å². The summed E-state index contributed by atoms with van der Waals surface area (Å²) in [5.41, 5.74) is 1.36. The number of nitro benzene ring substituents is 1. The van der Waals surface area contributed by atoms with Crippen LogP contribution >= 0.6 is 0 Å². The minimum absolute atomic E-state index is 0.0294. The molecule has 106 valence electrons. The third-order valence-corrected chi connectivity index (χ3v) is 2.57. The molecule has 2 aromatic rings. The average molecular weight is 277 g/mol. The Morgan fingerprint density at radius 1 is 1.30 bits per heavy atom. The van der Waals surface area contributed by atoms with Crippen LogP contribution in [0, 0.1) is 10.1 Å². The highest BCUT2D eigenvalue weighted by Gasteiger charge is 2.10. The molecule has 20 heavy (non-hydrogen) atoms. The number of nitrogens with one attached hydrogen (secondary N) is 2. The number of nitro groups is 1. The number of aromatic nitrogens is 2. The lowest BCUT2D eigenvalue weighted by Crippen LogP contribution is -2.04. The van der Waals surface area contributed by atoms with Crippen molar-refractivity contribution in [2.24, 2.45) is 0 Å². The quantitative estimate of drug-likeness (QED) is 0.591. The van der Waals surface area contributed by atoms with Crippen molar-refractivity contribution < 1.29 is 9.45 Å². The van der Waals surface area contributed by atoms with Crippen molar-refractivity contribution in [1.29, 1.82) is 0 Å². The summed E-state index contributed by atoms with van der Waals surface area (Å²) < 4.78 is 4.62. The van der Waals surface area contributed by atoms with E-state index in [1.807, 2.05) is 13.0 Å². The highest BCUT2D eigenvalue weighted by atomic mass is 16.6. The van der Waals surface area contributed by atoms with Gasteiger partial charge in [-0.1, -0.05) is 12.1 Å². The van der Waals surface area contributed by atoms with Crippen molar-refractivity contribution in [2.45, 2.75) is 19.9 Å². The summed E-state index contributed by atoms with van der Waals surface area (Å²) in [6, 6.07) is 4.79. The molecule has 0 saturated carbocycles. The lowest BCUT2D eigenvalue weighted by molar-refractivity contribution is -0.384. The molecule has 0 spiro atoms. The average Bonchev–Trinajstić information content (AvgIpc) is 2.96. The van der Waals surface area contributed by atoms with Crippen LogP contribution in [-0.4, -0.2) is 21.6 Å². The summed E-state index contributed by atoms with van der Waals surface area (Å²) >= 11 is 0. The van der Waals surface area contributed by atoms with Gasteiger partial charge in [-0.15, -0.1) is 0 Å². The Labute approximate surface area is 115 Å². The van der Waals surface area contributed by atoms with Gasteiger partial charge in [-0.05, 0) is 12.5 Å². The zero-order chi connectivity index (χ0) is 14.4. The van der Waals surface area contributed by atoms with Crippen LogP contribution in [0.4, 0.5) is 17.1 Å². The Morgan fingerprint density at radius 3 is 2.65 bits per heavy atom. The first-order chi connectivity index (χ1) is 9.69. The van der Waals surface area contributed by atoms with E-state index < -0.39 is 4.92 Å². The molecule has 0 atom stereocenters. The van der Waals surface area contributed by atoms with Crippen molar-refractivity contribution in [3.63, 3.8) is 0 Å². The minimum atomic E-state index is -0.420. The number of rotatable bonds is 7. The first-order valence-electron chi connectivity index (χ1n) is 6.21. The van der Waals surface area contributed by atoms with Gasteiger partial charge in [0.05, 0.1) is 11.5 Å². The molecule has 0 unspecified atom stereocenters. The Balaban J connectivity index is 2.13. The molecule has 0 fully saturated rings. The van der Waals surface area contributed by atoms with Gasteiger partial charge in [0.15, 0.2) is 5.82 Å². The molecule has 2 rings (SSSR count). The SMILES string of the molecule is CCCNc1cc(NCc2ncon2)cc([N+](=O)[O-])c1. The number of non-ortho nitro benzene ring substituents is 1. The normalized spacial score (nSPS) is 10.2. The molecule has 0 bridgehead atoms. The molecule has 1 heterocycles. The molecule has 0 radical (unpaired) electrons. The van der Waals surface area contributed by atoms with E-state index in [1.165, 1.54) is 18.5 Å². The van der Waals surface area contributed by atoms with E-state index in [1.54, 1.807) is 0 Å². The Bertz CT molecular complexity index is 570. The molecule has 0 amide bonds. The summed E-state index contributed by atoms with van der Waals surface area (Å²) in [4.78, 5) is 14.4. The fourth-order valence-corrected chi connectivity index (χ4v) is 1.64. The zero-order valence-electron chi connectivity index (χ0n) is 11.0. The van der Waals surface area contributed by atoms with Crippen molar-refractivity contribution in [3.05, 3.63) is 40.5 Å². The number of benzene rings is 1. The van der Waals surface area contributed by atoms with Gasteiger partial charge in [-0.25, -0.2) is 0 Å². The largest absolute Gasteiger partial charge is 0.385 e. The lowest BCUT2D eigenvalue weighted by Gasteiger charge is -2.09. The van der Waals surface area contributed by atoms with Crippen molar-refractivity contribution >= 4 is 17.1 Å². The van der Waals surface area contributed by atoms with Crippen LogP contribution in [0.25, 0.3) is 0 Å². The highest BCUT2D eigenvalue weighted by molar-refractivity contribution is 5.63. The van der Waals surface area contributed by atoms with E-state index in [-0.39, 0.29) is 5.69 Å². The second-order valence-corrected chi connectivity index (χ2v) is 4.15. The second-order valence-electron chi connectivity index (χ2n) is 4.15. The Morgan fingerprint density at radius 2 is 2.05 bits per heavy atom. The fraction of sp³-hybridized carbons (Fsp3) is 0.333. The van der Waals surface area contributed by atoms with Crippen molar-refractivity contribution in [2.75, 3.05) is 17.2 Å². The van der Waals surface area contributed by atoms with Crippen LogP contribution in [0.5, 0.6) is 0 Å². The summed E-state index contributed by atoms with van der Waals surface area (Å²) in [6.07, 6.45) is 2.17. The Hall–Kier alpha value is -2.64. The Kier molecular flexibility index (Phi) is 4.48. The fourth-order valence-electron chi connectivity index (χ4n) is 1.64. The molecule has 2 N–H and O–H groups in total. The van der Waals surface area contributed by atoms with Crippen LogP contribution < -0.4 is 10.6 Å². The number of hydrogen-bond donors (Lipinski definition) is 2. The predicted molar refractivity (Wildman–Crippen MR) is 73.5 cm³/mol. The molecule has 0 aliphatic heterocycles. The summed E-state index contributed by atoms with van der Waals surface area (Å²) in [5.74, 6) is 0.486. The molecular formula is C12H15N5O3. The molecule has 1 aromatic carbocycles. The minimum Gasteiger partial charge on any atom is -0.385 e. The number of hydrogen-bond acceptors (Lipinski definition) is 7. The molecular weight excluding hydrogens is 262 g/mol. The summed E-state index contributed by atoms with van der Waals surface area (Å²) in [5, 5.41) is 20.7. The summed E-state index contributed by atoms with van der Waals surface area (Å²) in [7, 11) is 0. The summed E-state index contributed by atoms with van der Waals surface area (Å²) in [6.45, 7) is 3.12. The zero-order valence-corrected chi connectivity index (χ0v) is 11.0. The van der Waals surface area contributed by atoms with Crippen LogP contribution in [-0.2, 0) is 6.54 Å². The smallest absolute Gasteiger partial charge is 0.273 e. The maximum atomic E-state index is 10.9. The van der Waals surface area contributed by atoms with Crippen molar-refractivity contribution in [3.8, 4) is 0 Å². The van der Waals surface area contributed by atoms with E-state index in [4.69, 9.17) is 0 Å². The van der Waals surface area contributed by atoms with Gasteiger partial charge in [-0.2, -0.15) is 4.98 Å². The molecule has 8 nitrogen and oxygen atoms in total. The van der Waals surface area contributed by atoms with E-state index >= 15 is 0 Å². The van der Waals surface area contributed by atoms with Gasteiger partial charge < -0.3 is 15.2 Å². The van der Waals surface area contributed by atoms with Gasteiger partial charge in [0.1, 0.15) is 0 Å². The second kappa shape index (κ2) is 6.50. The number of anilines is 2. The maximum absolute atomic E-state index is 10.9. The van der Waals surface area contributed by atoms with E-state index in [9.17, 15) is 10.1 Å². The molecule has 0 saturated heterocycles. The van der Waals surface area contributed by atoms with Gasteiger partial charge >= 0.3 is 0 Å². The van der Waals surface area contributed by atoms with Crippen LogP contribution in [0.15, 0.2) is 29.1 Å². The van der Waals surface area contributed by atoms with E-state index in [0.29, 0.717) is 23.7 Å². The van der Waals surface area contributed by atoms with Crippen LogP contribution in [0.2, 0.25) is 0 Å². The van der Waals surface area contributed by atoms with E-state index in [2.05, 4.69) is 25.3 Å². The van der Waals surface area contributed by atoms with Gasteiger partial charge in [0.2, 0.25) is 6.39 Å². The third kappa shape index (κ3) is 3.67. The molecule has 1 aromatic heterocycles. The monoisotopic (exact) mass is 277 g/mol. The third-order valence-electron chi connectivity index (χ3n) is 2.57. The topological polar surface area (TPSA) is 106 Å². The van der Waals surface area contributed by atoms with Crippen molar-refractivity contribution in [1.82, 2.24) is 10.1 Å². The van der Waals surface area contributed by atoms with Gasteiger partial charge in [0.25, 0.3) is 5.69 Å². The van der Waals surface area contributed by atoms with Gasteiger partial charge in [0, 0.05) is 30.1 Å². The predicted octanol–water partition coefficient (Wildman–Crippen LogP) is 2.41. The molecule has 0 aliphatic carbocycles. The standard InChI is InChI=1S/C12H15N5O3/c1-2-3-13-9-4-10(6-11(5-9)17(18)19)14-7-12-15-8-20-16-12/h4-6,8,13-14H,2-3,7H2,1H3. The molecule has 8 heteroatoms. The maximum Gasteiger partial charge on any atom is 0.273 e.